The molecule has 1 N–H and O–H groups in total. The molecule has 0 amide bonds. The lowest BCUT2D eigenvalue weighted by atomic mass is 10.1. The van der Waals surface area contributed by atoms with Crippen molar-refractivity contribution in [2.45, 2.75) is 64.6 Å². The summed E-state index contributed by atoms with van der Waals surface area (Å²) in [6.45, 7) is 3.67. The predicted molar refractivity (Wildman–Crippen MR) is 100 cm³/mol. The van der Waals surface area contributed by atoms with E-state index >= 15 is 0 Å². The van der Waals surface area contributed by atoms with E-state index in [4.69, 9.17) is 4.74 Å². The van der Waals surface area contributed by atoms with Crippen LogP contribution in [0, 0.1) is 6.92 Å². The van der Waals surface area contributed by atoms with Crippen LogP contribution in [-0.4, -0.2) is 6.04 Å². The van der Waals surface area contributed by atoms with Gasteiger partial charge in [0.1, 0.15) is 12.4 Å². The van der Waals surface area contributed by atoms with Crippen LogP contribution >= 0.6 is 0 Å². The van der Waals surface area contributed by atoms with Crippen LogP contribution in [0.25, 0.3) is 0 Å². The summed E-state index contributed by atoms with van der Waals surface area (Å²) < 4.78 is 6.13. The van der Waals surface area contributed by atoms with Crippen LogP contribution in [0.15, 0.2) is 48.5 Å². The minimum Gasteiger partial charge on any atom is -0.489 e. The molecule has 3 rings (SSSR count). The van der Waals surface area contributed by atoms with Crippen molar-refractivity contribution in [3.8, 4) is 5.75 Å². The van der Waals surface area contributed by atoms with Gasteiger partial charge in [-0.2, -0.15) is 0 Å². The standard InChI is InChI=1S/C22H29NO/c1-18-10-6-7-12-20(18)17-24-22-15-9-8-11-19(22)16-23-21-13-4-2-3-5-14-21/h6-12,15,21,23H,2-5,13-14,16-17H2,1H3. The Morgan fingerprint density at radius 2 is 1.54 bits per heavy atom. The molecule has 0 aromatic heterocycles. The fraction of sp³-hybridized carbons (Fsp3) is 0.455. The first-order valence-corrected chi connectivity index (χ1v) is 9.31. The SMILES string of the molecule is Cc1ccccc1COc1ccccc1CNC1CCCCCC1. The summed E-state index contributed by atoms with van der Waals surface area (Å²) in [5.74, 6) is 1.00. The average Bonchev–Trinajstić information content (AvgIpc) is 2.89. The molecule has 0 aliphatic heterocycles. The van der Waals surface area contributed by atoms with E-state index in [0.717, 1.165) is 12.3 Å². The molecule has 24 heavy (non-hydrogen) atoms. The molecule has 0 bridgehead atoms. The Kier molecular flexibility index (Phi) is 6.31. The fourth-order valence-electron chi connectivity index (χ4n) is 3.46. The summed E-state index contributed by atoms with van der Waals surface area (Å²) in [5, 5.41) is 3.75. The second kappa shape index (κ2) is 8.89. The first-order valence-electron chi connectivity index (χ1n) is 9.31. The molecule has 2 aromatic rings. The van der Waals surface area contributed by atoms with E-state index in [0.29, 0.717) is 12.6 Å². The molecule has 2 aromatic carbocycles. The molecular formula is C22H29NO. The Hall–Kier alpha value is -1.80. The lowest BCUT2D eigenvalue weighted by Gasteiger charge is -2.18. The molecule has 0 spiro atoms. The topological polar surface area (TPSA) is 21.3 Å². The summed E-state index contributed by atoms with van der Waals surface area (Å²) in [5.41, 5.74) is 3.80. The molecule has 1 fully saturated rings. The first-order chi connectivity index (χ1) is 11.8. The highest BCUT2D eigenvalue weighted by atomic mass is 16.5. The second-order valence-electron chi connectivity index (χ2n) is 6.89. The second-order valence-corrected chi connectivity index (χ2v) is 6.89. The van der Waals surface area contributed by atoms with E-state index in [2.05, 4.69) is 60.8 Å². The highest BCUT2D eigenvalue weighted by molar-refractivity contribution is 5.34. The third kappa shape index (κ3) is 4.85. The van der Waals surface area contributed by atoms with Crippen molar-refractivity contribution in [3.63, 3.8) is 0 Å². The maximum absolute atomic E-state index is 6.13. The molecule has 2 heteroatoms. The summed E-state index contributed by atoms with van der Waals surface area (Å²) in [4.78, 5) is 0. The zero-order valence-electron chi connectivity index (χ0n) is 14.8. The maximum Gasteiger partial charge on any atom is 0.124 e. The smallest absolute Gasteiger partial charge is 0.124 e. The van der Waals surface area contributed by atoms with Gasteiger partial charge in [-0.25, -0.2) is 0 Å². The predicted octanol–water partition coefficient (Wildman–Crippen LogP) is 5.39. The summed E-state index contributed by atoms with van der Waals surface area (Å²) in [6.07, 6.45) is 8.15. The van der Waals surface area contributed by atoms with E-state index in [1.165, 1.54) is 55.2 Å². The number of hydrogen-bond donors (Lipinski definition) is 1. The molecule has 0 atom stereocenters. The van der Waals surface area contributed by atoms with Crippen LogP contribution in [0.5, 0.6) is 5.75 Å². The lowest BCUT2D eigenvalue weighted by molar-refractivity contribution is 0.300. The highest BCUT2D eigenvalue weighted by Gasteiger charge is 2.12. The first kappa shape index (κ1) is 17.0. The lowest BCUT2D eigenvalue weighted by Crippen LogP contribution is -2.28. The monoisotopic (exact) mass is 323 g/mol. The van der Waals surface area contributed by atoms with Gasteiger partial charge in [0.25, 0.3) is 0 Å². The number of benzene rings is 2. The van der Waals surface area contributed by atoms with Crippen molar-refractivity contribution in [3.05, 3.63) is 65.2 Å². The van der Waals surface area contributed by atoms with Gasteiger partial charge in [-0.3, -0.25) is 0 Å². The van der Waals surface area contributed by atoms with Crippen LogP contribution in [0.2, 0.25) is 0 Å². The number of hydrogen-bond acceptors (Lipinski definition) is 2. The molecule has 1 aliphatic rings. The van der Waals surface area contributed by atoms with Crippen molar-refractivity contribution in [2.24, 2.45) is 0 Å². The van der Waals surface area contributed by atoms with E-state index < -0.39 is 0 Å². The molecule has 0 radical (unpaired) electrons. The summed E-state index contributed by atoms with van der Waals surface area (Å²) in [7, 11) is 0. The van der Waals surface area contributed by atoms with Crippen LogP contribution < -0.4 is 10.1 Å². The molecule has 1 saturated carbocycles. The molecule has 128 valence electrons. The Morgan fingerprint density at radius 1 is 0.875 bits per heavy atom. The van der Waals surface area contributed by atoms with E-state index in [9.17, 15) is 0 Å². The molecular weight excluding hydrogens is 294 g/mol. The van der Waals surface area contributed by atoms with Gasteiger partial charge in [-0.05, 0) is 37.0 Å². The van der Waals surface area contributed by atoms with Crippen molar-refractivity contribution in [1.29, 1.82) is 0 Å². The van der Waals surface area contributed by atoms with Gasteiger partial charge in [0, 0.05) is 18.2 Å². The van der Waals surface area contributed by atoms with Crippen molar-refractivity contribution in [2.75, 3.05) is 0 Å². The van der Waals surface area contributed by atoms with E-state index in [1.54, 1.807) is 0 Å². The number of nitrogens with one attached hydrogen (secondary N) is 1. The Balaban J connectivity index is 1.59. The van der Waals surface area contributed by atoms with Gasteiger partial charge in [-0.1, -0.05) is 68.1 Å². The van der Waals surface area contributed by atoms with Crippen LogP contribution in [0.1, 0.15) is 55.2 Å². The third-order valence-electron chi connectivity index (χ3n) is 5.05. The Morgan fingerprint density at radius 3 is 2.29 bits per heavy atom. The van der Waals surface area contributed by atoms with E-state index in [-0.39, 0.29) is 0 Å². The minimum atomic E-state index is 0.632. The van der Waals surface area contributed by atoms with Crippen LogP contribution in [0.3, 0.4) is 0 Å². The summed E-state index contributed by atoms with van der Waals surface area (Å²) in [6, 6.07) is 17.5. The molecule has 0 saturated heterocycles. The number of rotatable bonds is 6. The minimum absolute atomic E-state index is 0.632. The van der Waals surface area contributed by atoms with Gasteiger partial charge in [0.2, 0.25) is 0 Å². The number of aryl methyl sites for hydroxylation is 1. The van der Waals surface area contributed by atoms with Gasteiger partial charge in [0.05, 0.1) is 0 Å². The molecule has 0 unspecified atom stereocenters. The Labute approximate surface area is 146 Å². The van der Waals surface area contributed by atoms with Crippen LogP contribution in [-0.2, 0) is 13.2 Å². The number of para-hydroxylation sites is 1. The van der Waals surface area contributed by atoms with Crippen molar-refractivity contribution < 1.29 is 4.74 Å². The molecule has 1 aliphatic carbocycles. The van der Waals surface area contributed by atoms with Gasteiger partial charge in [-0.15, -0.1) is 0 Å². The highest BCUT2D eigenvalue weighted by Crippen LogP contribution is 2.22. The van der Waals surface area contributed by atoms with Crippen LogP contribution in [0.4, 0.5) is 0 Å². The molecule has 2 nitrogen and oxygen atoms in total. The number of ether oxygens (including phenoxy) is 1. The van der Waals surface area contributed by atoms with Crippen molar-refractivity contribution >= 4 is 0 Å². The fourth-order valence-corrected chi connectivity index (χ4v) is 3.46. The maximum atomic E-state index is 6.13. The van der Waals surface area contributed by atoms with E-state index in [1.807, 2.05) is 0 Å². The van der Waals surface area contributed by atoms with Gasteiger partial charge in [0.15, 0.2) is 0 Å². The zero-order valence-corrected chi connectivity index (χ0v) is 14.8. The normalized spacial score (nSPS) is 15.9. The van der Waals surface area contributed by atoms with Gasteiger partial charge >= 0.3 is 0 Å². The van der Waals surface area contributed by atoms with Crippen molar-refractivity contribution in [1.82, 2.24) is 5.32 Å². The largest absolute Gasteiger partial charge is 0.489 e. The molecule has 0 heterocycles. The Bertz CT molecular complexity index is 629. The zero-order chi connectivity index (χ0) is 16.6. The third-order valence-corrected chi connectivity index (χ3v) is 5.05. The summed E-state index contributed by atoms with van der Waals surface area (Å²) >= 11 is 0. The average molecular weight is 323 g/mol. The van der Waals surface area contributed by atoms with Gasteiger partial charge < -0.3 is 10.1 Å². The quantitative estimate of drug-likeness (QED) is 0.720.